The van der Waals surface area contributed by atoms with Gasteiger partial charge in [0.1, 0.15) is 9.33 Å². The first-order valence-corrected chi connectivity index (χ1v) is 9.99. The van der Waals surface area contributed by atoms with E-state index in [1.54, 1.807) is 0 Å². The number of methoxy groups -OCH3 is 1. The molecule has 2 unspecified atom stereocenters. The lowest BCUT2D eigenvalue weighted by Crippen LogP contribution is -2.43. The Balaban J connectivity index is 4.90. The van der Waals surface area contributed by atoms with Gasteiger partial charge in [-0.1, -0.05) is 35.0 Å². The van der Waals surface area contributed by atoms with Gasteiger partial charge in [-0.2, -0.15) is 0 Å². The second-order valence-corrected chi connectivity index (χ2v) is 7.86. The van der Waals surface area contributed by atoms with E-state index in [0.29, 0.717) is 38.5 Å². The molecule has 0 saturated heterocycles. The molecule has 0 spiro atoms. The summed E-state index contributed by atoms with van der Waals surface area (Å²) < 4.78 is 4.96. The van der Waals surface area contributed by atoms with Gasteiger partial charge in [0.05, 0.1) is 13.0 Å². The number of nitrogens with one attached hydrogen (secondary N) is 1. The van der Waals surface area contributed by atoms with Crippen molar-refractivity contribution in [2.75, 3.05) is 7.11 Å². The van der Waals surface area contributed by atoms with Gasteiger partial charge in [0.2, 0.25) is 5.91 Å². The van der Waals surface area contributed by atoms with Crippen molar-refractivity contribution >= 4 is 58.3 Å². The van der Waals surface area contributed by atoms with Crippen LogP contribution in [-0.2, 0) is 14.3 Å². The minimum Gasteiger partial charge on any atom is -0.469 e. The molecule has 0 radical (unpaired) electrons. The van der Waals surface area contributed by atoms with Crippen LogP contribution in [0, 0.1) is 29.6 Å². The first-order valence-electron chi connectivity index (χ1n) is 8.36. The highest BCUT2D eigenvalue weighted by atomic mass is 35.5. The zero-order valence-electron chi connectivity index (χ0n) is 15.3. The van der Waals surface area contributed by atoms with Crippen LogP contribution < -0.4 is 5.32 Å². The number of carbonyl (C=O) groups excluding carboxylic acids is 2. The van der Waals surface area contributed by atoms with E-state index in [4.69, 9.17) is 51.1 Å². The second-order valence-electron chi connectivity index (χ2n) is 5.57. The fraction of sp³-hybridized carbons (Fsp3) is 0.579. The number of unbranched alkanes of at least 4 members (excludes halogenated alkanes) is 1. The van der Waals surface area contributed by atoms with Crippen LogP contribution in [0.2, 0.25) is 0 Å². The smallest absolute Gasteiger partial charge is 0.310 e. The van der Waals surface area contributed by atoms with Crippen molar-refractivity contribution in [1.82, 2.24) is 5.32 Å². The van der Waals surface area contributed by atoms with Gasteiger partial charge in [0, 0.05) is 38.3 Å². The Bertz CT molecular complexity index is 622. The van der Waals surface area contributed by atoms with Crippen LogP contribution in [0.3, 0.4) is 0 Å². The molecule has 0 heterocycles. The first kappa shape index (κ1) is 26.0. The molecule has 2 atom stereocenters. The van der Waals surface area contributed by atoms with Crippen LogP contribution in [0.15, 0.2) is 10.6 Å². The highest BCUT2D eigenvalue weighted by Crippen LogP contribution is 2.19. The zero-order chi connectivity index (χ0) is 20.7. The van der Waals surface area contributed by atoms with Gasteiger partial charge in [-0.15, -0.1) is 35.0 Å². The Kier molecular flexibility index (Phi) is 15.3. The molecule has 0 aromatic carbocycles. The molecule has 0 saturated carbocycles. The van der Waals surface area contributed by atoms with Gasteiger partial charge in [0.15, 0.2) is 0 Å². The number of rotatable bonds is 9. The normalized spacial score (nSPS) is 12.0. The lowest BCUT2D eigenvalue weighted by Gasteiger charge is -2.25. The molecule has 0 bridgehead atoms. The molecule has 1 amide bonds. The summed E-state index contributed by atoms with van der Waals surface area (Å²) in [5.41, 5.74) is 0. The maximum atomic E-state index is 12.2. The van der Waals surface area contributed by atoms with E-state index in [1.165, 1.54) is 20.1 Å². The van der Waals surface area contributed by atoms with E-state index >= 15 is 0 Å². The van der Waals surface area contributed by atoms with Crippen LogP contribution >= 0.6 is 46.4 Å². The largest absolute Gasteiger partial charge is 0.469 e. The standard InChI is InChI=1S/C19H23Cl4NO3/c1-14(25)24-16(11-7-3-4-8-12-17(20)21)15(19(26)27-2)10-6-5-9-13-18(22)23/h13,15-17H,3,6-7,10-12H2,1-2H3,(H,24,25). The maximum Gasteiger partial charge on any atom is 0.310 e. The summed E-state index contributed by atoms with van der Waals surface area (Å²) >= 11 is 22.2. The van der Waals surface area contributed by atoms with Gasteiger partial charge >= 0.3 is 5.97 Å². The van der Waals surface area contributed by atoms with Crippen LogP contribution in [0.5, 0.6) is 0 Å². The minimum absolute atomic E-state index is 0.0684. The number of ether oxygens (including phenoxy) is 1. The predicted octanol–water partition coefficient (Wildman–Crippen LogP) is 4.75. The van der Waals surface area contributed by atoms with Crippen LogP contribution in [-0.4, -0.2) is 29.9 Å². The maximum absolute atomic E-state index is 12.2. The van der Waals surface area contributed by atoms with Crippen molar-refractivity contribution in [2.45, 2.75) is 56.3 Å². The second kappa shape index (κ2) is 16.0. The summed E-state index contributed by atoms with van der Waals surface area (Å²) in [6.07, 6.45) is 4.54. The Morgan fingerprint density at radius 1 is 1.11 bits per heavy atom. The number of alkyl halides is 2. The van der Waals surface area contributed by atoms with E-state index in [1.807, 2.05) is 0 Å². The third kappa shape index (κ3) is 14.7. The minimum atomic E-state index is -0.508. The summed E-state index contributed by atoms with van der Waals surface area (Å²) in [7, 11) is 1.32. The lowest BCUT2D eigenvalue weighted by atomic mass is 9.90. The molecule has 0 aromatic rings. The van der Waals surface area contributed by atoms with E-state index < -0.39 is 10.8 Å². The van der Waals surface area contributed by atoms with Crippen molar-refractivity contribution in [3.05, 3.63) is 10.6 Å². The average molecular weight is 455 g/mol. The zero-order valence-corrected chi connectivity index (χ0v) is 18.3. The highest BCUT2D eigenvalue weighted by Gasteiger charge is 2.29. The number of esters is 1. The molecule has 0 rings (SSSR count). The molecule has 150 valence electrons. The van der Waals surface area contributed by atoms with Gasteiger partial charge in [0.25, 0.3) is 0 Å². The number of carbonyl (C=O) groups is 2. The first-order chi connectivity index (χ1) is 12.8. The Morgan fingerprint density at radius 3 is 2.37 bits per heavy atom. The molecule has 1 N–H and O–H groups in total. The Hall–Kier alpha value is -1.04. The fourth-order valence-corrected chi connectivity index (χ4v) is 2.59. The number of allylic oxidation sites excluding steroid dienone is 1. The van der Waals surface area contributed by atoms with Gasteiger partial charge in [-0.3, -0.25) is 9.59 Å². The molecule has 0 aliphatic rings. The fourth-order valence-electron chi connectivity index (χ4n) is 2.32. The Labute approximate surface area is 181 Å². The van der Waals surface area contributed by atoms with Crippen molar-refractivity contribution in [1.29, 1.82) is 0 Å². The molecular weight excluding hydrogens is 432 g/mol. The molecule has 4 nitrogen and oxygen atoms in total. The van der Waals surface area contributed by atoms with Crippen molar-refractivity contribution in [3.8, 4) is 23.7 Å². The molecule has 0 aromatic heterocycles. The third-order valence-corrected chi connectivity index (χ3v) is 3.97. The summed E-state index contributed by atoms with van der Waals surface area (Å²) in [6, 6.07) is -0.362. The van der Waals surface area contributed by atoms with Gasteiger partial charge in [-0.25, -0.2) is 0 Å². The van der Waals surface area contributed by atoms with E-state index in [2.05, 4.69) is 29.0 Å². The monoisotopic (exact) mass is 453 g/mol. The quantitative estimate of drug-likeness (QED) is 0.236. The summed E-state index contributed by atoms with van der Waals surface area (Å²) in [6.45, 7) is 1.41. The van der Waals surface area contributed by atoms with Crippen LogP contribution in [0.25, 0.3) is 0 Å². The molecule has 0 aliphatic carbocycles. The SMILES string of the molecule is COC(=O)C(CCC#CC=C(Cl)Cl)C(CCCC#CCC(Cl)Cl)NC(C)=O. The lowest BCUT2D eigenvalue weighted by molar-refractivity contribution is -0.147. The van der Waals surface area contributed by atoms with Crippen molar-refractivity contribution in [2.24, 2.45) is 5.92 Å². The Morgan fingerprint density at radius 2 is 1.81 bits per heavy atom. The molecular formula is C19H23Cl4NO3. The summed E-state index contributed by atoms with van der Waals surface area (Å²) in [5, 5.41) is 2.83. The topological polar surface area (TPSA) is 55.4 Å². The van der Waals surface area contributed by atoms with Gasteiger partial charge < -0.3 is 10.1 Å². The van der Waals surface area contributed by atoms with Gasteiger partial charge in [-0.05, 0) is 19.3 Å². The van der Waals surface area contributed by atoms with Crippen molar-refractivity contribution < 1.29 is 14.3 Å². The summed E-state index contributed by atoms with van der Waals surface area (Å²) in [4.78, 5) is 23.2. The molecule has 27 heavy (non-hydrogen) atoms. The third-order valence-electron chi connectivity index (χ3n) is 3.44. The number of hydrogen-bond acceptors (Lipinski definition) is 3. The van der Waals surface area contributed by atoms with Crippen LogP contribution in [0.1, 0.15) is 45.4 Å². The van der Waals surface area contributed by atoms with E-state index in [0.717, 1.165) is 0 Å². The van der Waals surface area contributed by atoms with E-state index in [9.17, 15) is 9.59 Å². The number of amides is 1. The molecule has 0 fully saturated rings. The summed E-state index contributed by atoms with van der Waals surface area (Å²) in [5.74, 6) is 10.3. The molecule has 8 heteroatoms. The average Bonchev–Trinajstić information content (AvgIpc) is 2.58. The highest BCUT2D eigenvalue weighted by molar-refractivity contribution is 6.56. The van der Waals surface area contributed by atoms with Crippen molar-refractivity contribution in [3.63, 3.8) is 0 Å². The number of halogens is 4. The van der Waals surface area contributed by atoms with E-state index in [-0.39, 0.29) is 22.4 Å². The predicted molar refractivity (Wildman–Crippen MR) is 112 cm³/mol. The molecule has 0 aliphatic heterocycles. The number of hydrogen-bond donors (Lipinski definition) is 1. The van der Waals surface area contributed by atoms with Crippen LogP contribution in [0.4, 0.5) is 0 Å².